The maximum absolute atomic E-state index is 12.7. The Hall–Kier alpha value is -1.88. The second-order valence-corrected chi connectivity index (χ2v) is 6.75. The molecule has 0 aromatic heterocycles. The fourth-order valence-corrected chi connectivity index (χ4v) is 3.82. The molecule has 2 heterocycles. The van der Waals surface area contributed by atoms with E-state index < -0.39 is 5.54 Å². The number of hydrogen-bond acceptors (Lipinski definition) is 3. The van der Waals surface area contributed by atoms with E-state index in [2.05, 4.69) is 10.2 Å². The Morgan fingerprint density at radius 1 is 1.36 bits per heavy atom. The molecule has 5 nitrogen and oxygen atoms in total. The molecule has 0 unspecified atom stereocenters. The Kier molecular flexibility index (Phi) is 3.68. The summed E-state index contributed by atoms with van der Waals surface area (Å²) in [5.74, 6) is -0.152. The summed E-state index contributed by atoms with van der Waals surface area (Å²) in [6, 6.07) is 7.73. The van der Waals surface area contributed by atoms with Crippen molar-refractivity contribution < 1.29 is 9.59 Å². The van der Waals surface area contributed by atoms with E-state index >= 15 is 0 Å². The van der Waals surface area contributed by atoms with Crippen LogP contribution in [0.3, 0.4) is 0 Å². The van der Waals surface area contributed by atoms with Gasteiger partial charge in [0.2, 0.25) is 5.91 Å². The molecule has 1 spiro atoms. The van der Waals surface area contributed by atoms with Crippen molar-refractivity contribution in [2.75, 3.05) is 34.2 Å². The highest BCUT2D eigenvalue weighted by atomic mass is 16.2. The van der Waals surface area contributed by atoms with Crippen molar-refractivity contribution >= 4 is 11.8 Å². The number of amides is 2. The average Bonchev–Trinajstić information content (AvgIpc) is 2.73. The number of likely N-dealkylation sites (N-methyl/N-ethyl adjacent to an activating group) is 1. The monoisotopic (exact) mass is 301 g/mol. The lowest BCUT2D eigenvalue weighted by molar-refractivity contribution is -0.134. The fraction of sp³-hybridized carbons (Fsp3) is 0.529. The topological polar surface area (TPSA) is 52.7 Å². The van der Waals surface area contributed by atoms with Crippen LogP contribution in [-0.2, 0) is 11.2 Å². The first-order valence-corrected chi connectivity index (χ1v) is 7.73. The number of nitrogens with one attached hydrogen (secondary N) is 1. The van der Waals surface area contributed by atoms with Crippen LogP contribution in [0.25, 0.3) is 0 Å². The summed E-state index contributed by atoms with van der Waals surface area (Å²) in [5.41, 5.74) is 1.35. The highest BCUT2D eigenvalue weighted by Gasteiger charge is 2.51. The van der Waals surface area contributed by atoms with Crippen LogP contribution in [0.15, 0.2) is 24.3 Å². The van der Waals surface area contributed by atoms with Crippen LogP contribution in [0.5, 0.6) is 0 Å². The van der Waals surface area contributed by atoms with Crippen molar-refractivity contribution in [2.24, 2.45) is 5.92 Å². The number of benzene rings is 1. The summed E-state index contributed by atoms with van der Waals surface area (Å²) in [7, 11) is 5.57. The Balaban J connectivity index is 1.96. The Bertz CT molecular complexity index is 614. The number of aryl methyl sites for hydroxylation is 1. The quantitative estimate of drug-likeness (QED) is 0.833. The van der Waals surface area contributed by atoms with Gasteiger partial charge < -0.3 is 15.1 Å². The second kappa shape index (κ2) is 5.39. The minimum Gasteiger partial charge on any atom is -0.348 e. The smallest absolute Gasteiger partial charge is 0.252 e. The van der Waals surface area contributed by atoms with Crippen LogP contribution in [0.1, 0.15) is 22.3 Å². The predicted octanol–water partition coefficient (Wildman–Crippen LogP) is 0.751. The van der Waals surface area contributed by atoms with Gasteiger partial charge in [0.25, 0.3) is 5.91 Å². The molecule has 0 saturated carbocycles. The molecule has 3 rings (SSSR count). The molecule has 1 fully saturated rings. The van der Waals surface area contributed by atoms with Crippen molar-refractivity contribution in [3.8, 4) is 0 Å². The van der Waals surface area contributed by atoms with Crippen LogP contribution in [0.2, 0.25) is 0 Å². The van der Waals surface area contributed by atoms with Gasteiger partial charge in [-0.2, -0.15) is 0 Å². The number of nitrogens with zero attached hydrogens (tertiary/aromatic N) is 2. The zero-order valence-corrected chi connectivity index (χ0v) is 13.4. The van der Waals surface area contributed by atoms with Gasteiger partial charge in [-0.05, 0) is 31.5 Å². The van der Waals surface area contributed by atoms with E-state index in [1.807, 2.05) is 31.3 Å². The van der Waals surface area contributed by atoms with Gasteiger partial charge in [-0.1, -0.05) is 18.2 Å². The van der Waals surface area contributed by atoms with Gasteiger partial charge in [0.15, 0.2) is 0 Å². The molecule has 5 heteroatoms. The third kappa shape index (κ3) is 2.39. The Morgan fingerprint density at radius 2 is 2.09 bits per heavy atom. The SMILES string of the molecule is CN1C[C@@H](C(=O)N(C)C)[C@@]2(CCc3ccccc3C(=O)N2)C1. The van der Waals surface area contributed by atoms with Crippen LogP contribution < -0.4 is 5.32 Å². The number of likely N-dealkylation sites (tertiary alicyclic amines) is 1. The molecule has 2 aliphatic rings. The molecular formula is C17H23N3O2. The van der Waals surface area contributed by atoms with Crippen molar-refractivity contribution in [3.05, 3.63) is 35.4 Å². The van der Waals surface area contributed by atoms with E-state index in [-0.39, 0.29) is 17.7 Å². The van der Waals surface area contributed by atoms with E-state index in [4.69, 9.17) is 0 Å². The zero-order valence-electron chi connectivity index (χ0n) is 13.4. The van der Waals surface area contributed by atoms with Gasteiger partial charge in [0, 0.05) is 32.7 Å². The van der Waals surface area contributed by atoms with E-state index in [1.54, 1.807) is 19.0 Å². The lowest BCUT2D eigenvalue weighted by atomic mass is 9.82. The molecule has 2 aliphatic heterocycles. The maximum Gasteiger partial charge on any atom is 0.252 e. The normalized spacial score (nSPS) is 28.1. The van der Waals surface area contributed by atoms with E-state index in [1.165, 1.54) is 0 Å². The highest BCUT2D eigenvalue weighted by molar-refractivity contribution is 5.97. The van der Waals surface area contributed by atoms with Crippen LogP contribution in [-0.4, -0.2) is 61.4 Å². The summed E-state index contributed by atoms with van der Waals surface area (Å²) >= 11 is 0. The standard InChI is InChI=1S/C17H23N3O2/c1-19(2)16(22)14-10-20(3)11-17(14)9-8-12-6-4-5-7-13(12)15(21)18-17/h4-7,14H,8-11H2,1-3H3,(H,18,21)/t14-,17+/m0/s1. The third-order valence-electron chi connectivity index (χ3n) is 4.92. The minimum atomic E-state index is -0.466. The Labute approximate surface area is 131 Å². The molecule has 1 saturated heterocycles. The lowest BCUT2D eigenvalue weighted by Gasteiger charge is -2.35. The number of carbonyl (C=O) groups excluding carboxylic acids is 2. The molecule has 118 valence electrons. The van der Waals surface area contributed by atoms with Crippen LogP contribution in [0, 0.1) is 5.92 Å². The predicted molar refractivity (Wildman–Crippen MR) is 84.6 cm³/mol. The average molecular weight is 301 g/mol. The lowest BCUT2D eigenvalue weighted by Crippen LogP contribution is -2.57. The van der Waals surface area contributed by atoms with Crippen molar-refractivity contribution in [3.63, 3.8) is 0 Å². The van der Waals surface area contributed by atoms with Gasteiger partial charge in [0.1, 0.15) is 0 Å². The third-order valence-corrected chi connectivity index (χ3v) is 4.92. The molecule has 1 N–H and O–H groups in total. The first kappa shape index (κ1) is 15.0. The number of fused-ring (bicyclic) bond motifs is 1. The van der Waals surface area contributed by atoms with Gasteiger partial charge >= 0.3 is 0 Å². The molecule has 1 aromatic rings. The van der Waals surface area contributed by atoms with E-state index in [0.717, 1.165) is 30.5 Å². The van der Waals surface area contributed by atoms with Gasteiger partial charge in [0.05, 0.1) is 11.5 Å². The summed E-state index contributed by atoms with van der Waals surface area (Å²) in [6.07, 6.45) is 1.62. The Morgan fingerprint density at radius 3 is 2.82 bits per heavy atom. The number of carbonyl (C=O) groups is 2. The molecular weight excluding hydrogens is 278 g/mol. The summed E-state index contributed by atoms with van der Waals surface area (Å²) in [5, 5.41) is 3.20. The summed E-state index contributed by atoms with van der Waals surface area (Å²) < 4.78 is 0. The molecule has 0 radical (unpaired) electrons. The van der Waals surface area contributed by atoms with Crippen LogP contribution >= 0.6 is 0 Å². The zero-order chi connectivity index (χ0) is 15.9. The number of hydrogen-bond donors (Lipinski definition) is 1. The number of rotatable bonds is 1. The first-order valence-electron chi connectivity index (χ1n) is 7.73. The molecule has 0 aliphatic carbocycles. The van der Waals surface area contributed by atoms with E-state index in [9.17, 15) is 9.59 Å². The van der Waals surface area contributed by atoms with Crippen molar-refractivity contribution in [1.29, 1.82) is 0 Å². The van der Waals surface area contributed by atoms with Crippen molar-refractivity contribution in [2.45, 2.75) is 18.4 Å². The minimum absolute atomic E-state index is 0.0556. The summed E-state index contributed by atoms with van der Waals surface area (Å²) in [6.45, 7) is 1.41. The fourth-order valence-electron chi connectivity index (χ4n) is 3.82. The maximum atomic E-state index is 12.7. The summed E-state index contributed by atoms with van der Waals surface area (Å²) in [4.78, 5) is 29.0. The van der Waals surface area contributed by atoms with Crippen molar-refractivity contribution in [1.82, 2.24) is 15.1 Å². The molecule has 0 bridgehead atoms. The molecule has 2 amide bonds. The second-order valence-electron chi connectivity index (χ2n) is 6.75. The molecule has 2 atom stereocenters. The van der Waals surface area contributed by atoms with Crippen LogP contribution in [0.4, 0.5) is 0 Å². The van der Waals surface area contributed by atoms with E-state index in [0.29, 0.717) is 6.54 Å². The first-order chi connectivity index (χ1) is 10.4. The highest BCUT2D eigenvalue weighted by Crippen LogP contribution is 2.35. The largest absolute Gasteiger partial charge is 0.348 e. The molecule has 1 aromatic carbocycles. The molecule has 22 heavy (non-hydrogen) atoms. The van der Waals surface area contributed by atoms with Gasteiger partial charge in [-0.3, -0.25) is 9.59 Å². The van der Waals surface area contributed by atoms with Gasteiger partial charge in [-0.15, -0.1) is 0 Å². The van der Waals surface area contributed by atoms with Gasteiger partial charge in [-0.25, -0.2) is 0 Å².